The summed E-state index contributed by atoms with van der Waals surface area (Å²) >= 11 is 0. The van der Waals surface area contributed by atoms with E-state index in [1.165, 1.54) is 0 Å². The summed E-state index contributed by atoms with van der Waals surface area (Å²) in [6, 6.07) is 0. The van der Waals surface area contributed by atoms with E-state index in [0.717, 1.165) is 0 Å². The van der Waals surface area contributed by atoms with Crippen LogP contribution in [-0.2, 0) is 20.8 Å². The summed E-state index contributed by atoms with van der Waals surface area (Å²) in [5, 5.41) is 3.46. The van der Waals surface area contributed by atoms with E-state index in [4.69, 9.17) is 18.7 Å². The van der Waals surface area contributed by atoms with Gasteiger partial charge in [-0.2, -0.15) is 4.98 Å². The van der Waals surface area contributed by atoms with Crippen LogP contribution in [0.15, 0.2) is 4.52 Å². The van der Waals surface area contributed by atoms with Crippen molar-refractivity contribution < 1.29 is 23.5 Å². The Bertz CT molecular complexity index is 325. The summed E-state index contributed by atoms with van der Waals surface area (Å²) in [7, 11) is 1.58. The van der Waals surface area contributed by atoms with Crippen LogP contribution in [0, 0.1) is 0 Å². The van der Waals surface area contributed by atoms with Crippen LogP contribution in [0.4, 0.5) is 0 Å². The Balaban J connectivity index is 2.36. The number of carbonyl (C=O) groups excluding carboxylic acids is 1. The third kappa shape index (κ3) is 3.95. The number of carbonyl (C=O) groups is 1. The highest BCUT2D eigenvalue weighted by atomic mass is 16.5. The van der Waals surface area contributed by atoms with Gasteiger partial charge in [-0.3, -0.25) is 0 Å². The summed E-state index contributed by atoms with van der Waals surface area (Å²) in [5.74, 6) is -0.458. The number of hydrogen-bond donors (Lipinski definition) is 0. The Labute approximate surface area is 92.7 Å². The monoisotopic (exact) mass is 230 g/mol. The fourth-order valence-corrected chi connectivity index (χ4v) is 0.894. The maximum Gasteiger partial charge on any atom is 0.379 e. The molecule has 0 radical (unpaired) electrons. The maximum atomic E-state index is 11.2. The van der Waals surface area contributed by atoms with Crippen LogP contribution in [0.2, 0.25) is 0 Å². The molecule has 1 aromatic rings. The third-order valence-corrected chi connectivity index (χ3v) is 1.58. The zero-order chi connectivity index (χ0) is 11.8. The van der Waals surface area contributed by atoms with Crippen molar-refractivity contribution in [2.24, 2.45) is 0 Å². The van der Waals surface area contributed by atoms with E-state index in [1.54, 1.807) is 14.0 Å². The van der Waals surface area contributed by atoms with Gasteiger partial charge in [0, 0.05) is 7.11 Å². The lowest BCUT2D eigenvalue weighted by molar-refractivity contribution is 0.0493. The number of nitrogens with zero attached hydrogens (tertiary/aromatic N) is 2. The number of esters is 1. The summed E-state index contributed by atoms with van der Waals surface area (Å²) in [5.41, 5.74) is 0. The van der Waals surface area contributed by atoms with Crippen molar-refractivity contribution in [1.82, 2.24) is 10.1 Å². The van der Waals surface area contributed by atoms with E-state index >= 15 is 0 Å². The molecule has 0 aliphatic carbocycles. The molecule has 0 fully saturated rings. The number of rotatable bonds is 7. The summed E-state index contributed by atoms with van der Waals surface area (Å²) in [6.45, 7) is 3.03. The van der Waals surface area contributed by atoms with Crippen LogP contribution in [0.3, 0.4) is 0 Å². The molecule has 90 valence electrons. The normalized spacial score (nSPS) is 10.4. The van der Waals surface area contributed by atoms with Crippen LogP contribution in [0.1, 0.15) is 23.4 Å². The zero-order valence-corrected chi connectivity index (χ0v) is 9.26. The molecule has 7 nitrogen and oxygen atoms in total. The first kappa shape index (κ1) is 12.6. The average Bonchev–Trinajstić information content (AvgIpc) is 2.73. The van der Waals surface area contributed by atoms with E-state index in [2.05, 4.69) is 10.1 Å². The molecule has 0 bridgehead atoms. The van der Waals surface area contributed by atoms with Crippen molar-refractivity contribution in [3.63, 3.8) is 0 Å². The van der Waals surface area contributed by atoms with Gasteiger partial charge in [-0.1, -0.05) is 0 Å². The van der Waals surface area contributed by atoms with E-state index in [0.29, 0.717) is 13.2 Å². The predicted molar refractivity (Wildman–Crippen MR) is 51.8 cm³/mol. The minimum atomic E-state index is -0.602. The molecular weight excluding hydrogens is 216 g/mol. The first-order valence-corrected chi connectivity index (χ1v) is 4.84. The topological polar surface area (TPSA) is 83.7 Å². The second kappa shape index (κ2) is 6.91. The molecule has 0 amide bonds. The van der Waals surface area contributed by atoms with Gasteiger partial charge in [-0.15, -0.1) is 0 Å². The first-order valence-electron chi connectivity index (χ1n) is 4.84. The summed E-state index contributed by atoms with van der Waals surface area (Å²) < 4.78 is 19.4. The van der Waals surface area contributed by atoms with Gasteiger partial charge < -0.3 is 18.7 Å². The van der Waals surface area contributed by atoms with Gasteiger partial charge in [0.25, 0.3) is 11.7 Å². The van der Waals surface area contributed by atoms with Crippen LogP contribution in [-0.4, -0.2) is 43.0 Å². The average molecular weight is 230 g/mol. The van der Waals surface area contributed by atoms with Gasteiger partial charge in [0.1, 0.15) is 6.61 Å². The smallest absolute Gasteiger partial charge is 0.379 e. The van der Waals surface area contributed by atoms with Gasteiger partial charge in [-0.05, 0) is 12.1 Å². The number of methoxy groups -OCH3 is 1. The molecule has 0 unspecified atom stereocenters. The maximum absolute atomic E-state index is 11.2. The van der Waals surface area contributed by atoms with Crippen molar-refractivity contribution in [2.75, 3.05) is 26.9 Å². The predicted octanol–water partition coefficient (Wildman–Crippen LogP) is 0.409. The van der Waals surface area contributed by atoms with E-state index < -0.39 is 5.97 Å². The molecule has 0 aliphatic heterocycles. The second-order valence-electron chi connectivity index (χ2n) is 2.78. The molecule has 1 heterocycles. The largest absolute Gasteiger partial charge is 0.460 e. The number of ether oxygens (including phenoxy) is 3. The molecule has 0 saturated carbocycles. The first-order chi connectivity index (χ1) is 7.77. The Morgan fingerprint density at radius 1 is 1.44 bits per heavy atom. The zero-order valence-electron chi connectivity index (χ0n) is 9.26. The van der Waals surface area contributed by atoms with Gasteiger partial charge in [0.2, 0.25) is 0 Å². The molecule has 7 heteroatoms. The Kier molecular flexibility index (Phi) is 5.44. The van der Waals surface area contributed by atoms with Gasteiger partial charge in [-0.25, -0.2) is 4.79 Å². The third-order valence-electron chi connectivity index (χ3n) is 1.58. The van der Waals surface area contributed by atoms with Crippen LogP contribution < -0.4 is 0 Å². The Morgan fingerprint density at radius 2 is 2.25 bits per heavy atom. The lowest BCUT2D eigenvalue weighted by Crippen LogP contribution is -2.07. The fraction of sp³-hybridized carbons (Fsp3) is 0.667. The molecule has 1 rings (SSSR count). The van der Waals surface area contributed by atoms with E-state index in [1.807, 2.05) is 0 Å². The highest BCUT2D eigenvalue weighted by Crippen LogP contribution is 2.01. The lowest BCUT2D eigenvalue weighted by atomic mass is 10.6. The standard InChI is InChI=1S/C9H14N2O5/c1-3-15-9(12)8-10-7(16-11-8)6-14-5-4-13-2/h3-6H2,1-2H3. The fourth-order valence-electron chi connectivity index (χ4n) is 0.894. The molecule has 0 atom stereocenters. The molecule has 1 aromatic heterocycles. The quantitative estimate of drug-likeness (QED) is 0.495. The van der Waals surface area contributed by atoms with Crippen molar-refractivity contribution in [2.45, 2.75) is 13.5 Å². The SMILES string of the molecule is CCOC(=O)c1noc(COCCOC)n1. The molecule has 0 aromatic carbocycles. The van der Waals surface area contributed by atoms with Gasteiger partial charge >= 0.3 is 5.97 Å². The number of hydrogen-bond acceptors (Lipinski definition) is 7. The highest BCUT2D eigenvalue weighted by Gasteiger charge is 2.15. The molecule has 0 aliphatic rings. The van der Waals surface area contributed by atoms with Crippen LogP contribution in [0.5, 0.6) is 0 Å². The van der Waals surface area contributed by atoms with Crippen molar-refractivity contribution >= 4 is 5.97 Å². The lowest BCUT2D eigenvalue weighted by Gasteiger charge is -1.98. The number of aromatic nitrogens is 2. The molecule has 16 heavy (non-hydrogen) atoms. The Hall–Kier alpha value is -1.47. The second-order valence-corrected chi connectivity index (χ2v) is 2.78. The van der Waals surface area contributed by atoms with Crippen molar-refractivity contribution in [1.29, 1.82) is 0 Å². The summed E-state index contributed by atoms with van der Waals surface area (Å²) in [4.78, 5) is 15.0. The van der Waals surface area contributed by atoms with Crippen molar-refractivity contribution in [3.05, 3.63) is 11.7 Å². The van der Waals surface area contributed by atoms with Gasteiger partial charge in [0.05, 0.1) is 19.8 Å². The minimum Gasteiger partial charge on any atom is -0.460 e. The van der Waals surface area contributed by atoms with Crippen molar-refractivity contribution in [3.8, 4) is 0 Å². The molecular formula is C9H14N2O5. The molecule has 0 spiro atoms. The molecule has 0 N–H and O–H groups in total. The van der Waals surface area contributed by atoms with Crippen LogP contribution >= 0.6 is 0 Å². The van der Waals surface area contributed by atoms with E-state index in [9.17, 15) is 4.79 Å². The highest BCUT2D eigenvalue weighted by molar-refractivity contribution is 5.84. The molecule has 0 saturated heterocycles. The van der Waals surface area contributed by atoms with Crippen LogP contribution in [0.25, 0.3) is 0 Å². The minimum absolute atomic E-state index is 0.0906. The van der Waals surface area contributed by atoms with E-state index in [-0.39, 0.29) is 24.9 Å². The Morgan fingerprint density at radius 3 is 2.94 bits per heavy atom. The summed E-state index contributed by atoms with van der Waals surface area (Å²) in [6.07, 6.45) is 0. The van der Waals surface area contributed by atoms with Gasteiger partial charge in [0.15, 0.2) is 0 Å².